The number of nitrogens with zero attached hydrogens (tertiary/aromatic N) is 5. The topological polar surface area (TPSA) is 68.1 Å². The van der Waals surface area contributed by atoms with Crippen molar-refractivity contribution >= 4 is 16.7 Å². The number of likely N-dealkylation sites (tertiary alicyclic amines) is 1. The lowest BCUT2D eigenvalue weighted by Gasteiger charge is -2.27. The Hall–Kier alpha value is -2.44. The summed E-state index contributed by atoms with van der Waals surface area (Å²) in [6.07, 6.45) is 0.933. The van der Waals surface area contributed by atoms with Crippen LogP contribution in [0.15, 0.2) is 24.5 Å². The van der Waals surface area contributed by atoms with Crippen LogP contribution in [0.2, 0.25) is 0 Å². The summed E-state index contributed by atoms with van der Waals surface area (Å²) in [5.74, 6) is -1.88. The Morgan fingerprint density at radius 2 is 1.97 bits per heavy atom. The van der Waals surface area contributed by atoms with Crippen molar-refractivity contribution in [2.45, 2.75) is 19.0 Å². The Balaban J connectivity index is 1.40. The zero-order valence-corrected chi connectivity index (χ0v) is 17.2. The Labute approximate surface area is 179 Å². The highest BCUT2D eigenvalue weighted by Gasteiger charge is 2.51. The lowest BCUT2D eigenvalue weighted by atomic mass is 9.86. The summed E-state index contributed by atoms with van der Waals surface area (Å²) in [7, 11) is 0. The predicted molar refractivity (Wildman–Crippen MR) is 110 cm³/mol. The van der Waals surface area contributed by atoms with Crippen molar-refractivity contribution in [3.05, 3.63) is 30.1 Å². The number of nitriles is 1. The first-order valence-corrected chi connectivity index (χ1v) is 10.8. The minimum Gasteiger partial charge on any atom is -0.369 e. The second-order valence-corrected chi connectivity index (χ2v) is 9.22. The summed E-state index contributed by atoms with van der Waals surface area (Å²) in [5.41, 5.74) is 2.16. The molecule has 3 fully saturated rings. The van der Waals surface area contributed by atoms with Crippen LogP contribution in [0.25, 0.3) is 11.0 Å². The van der Waals surface area contributed by atoms with Gasteiger partial charge in [-0.15, -0.1) is 0 Å². The van der Waals surface area contributed by atoms with E-state index in [0.29, 0.717) is 35.4 Å². The molecule has 0 bridgehead atoms. The van der Waals surface area contributed by atoms with Gasteiger partial charge < -0.3 is 15.1 Å². The Bertz CT molecular complexity index is 1010. The van der Waals surface area contributed by atoms with Crippen LogP contribution in [0.5, 0.6) is 0 Å². The van der Waals surface area contributed by atoms with Crippen molar-refractivity contribution < 1.29 is 13.2 Å². The van der Waals surface area contributed by atoms with E-state index in [1.54, 1.807) is 17.0 Å². The van der Waals surface area contributed by atoms with Crippen molar-refractivity contribution in [1.82, 2.24) is 20.2 Å². The molecule has 1 unspecified atom stereocenters. The number of hydrogen-bond donors (Lipinski definition) is 1. The largest absolute Gasteiger partial charge is 0.393 e. The fraction of sp³-hybridized carbons (Fsp3) is 0.591. The van der Waals surface area contributed by atoms with Crippen molar-refractivity contribution in [3.8, 4) is 6.07 Å². The monoisotopic (exact) mass is 430 g/mol. The van der Waals surface area contributed by atoms with Gasteiger partial charge in [-0.3, -0.25) is 9.97 Å². The molecular formula is C22H25F3N6. The summed E-state index contributed by atoms with van der Waals surface area (Å²) >= 11 is 0. The molecule has 6 nitrogen and oxygen atoms in total. The fourth-order valence-electron chi connectivity index (χ4n) is 5.67. The maximum absolute atomic E-state index is 14.0. The Morgan fingerprint density at radius 1 is 1.16 bits per heavy atom. The van der Waals surface area contributed by atoms with Crippen molar-refractivity contribution in [1.29, 1.82) is 5.26 Å². The molecule has 4 heterocycles. The van der Waals surface area contributed by atoms with Crippen molar-refractivity contribution in [2.75, 3.05) is 50.7 Å². The average molecular weight is 430 g/mol. The van der Waals surface area contributed by atoms with Crippen molar-refractivity contribution in [3.63, 3.8) is 0 Å². The minimum atomic E-state index is -4.25. The van der Waals surface area contributed by atoms with E-state index in [1.165, 1.54) is 12.4 Å². The highest BCUT2D eigenvalue weighted by Crippen LogP contribution is 2.43. The van der Waals surface area contributed by atoms with E-state index in [0.717, 1.165) is 39.0 Å². The molecule has 3 atom stereocenters. The van der Waals surface area contributed by atoms with E-state index in [-0.39, 0.29) is 12.0 Å². The SMILES string of the molecule is N#Cc1ccc(N2C[C@H](CN3CCC4(CCNC4)C3)[C@@H](C(F)(F)F)C2)c2nccnc12. The molecular weight excluding hydrogens is 405 g/mol. The third-order valence-electron chi connectivity index (χ3n) is 7.27. The van der Waals surface area contributed by atoms with E-state index in [2.05, 4.69) is 26.3 Å². The zero-order chi connectivity index (χ0) is 21.6. The molecule has 0 saturated carbocycles. The van der Waals surface area contributed by atoms with Crippen LogP contribution in [-0.4, -0.2) is 66.9 Å². The highest BCUT2D eigenvalue weighted by atomic mass is 19.4. The van der Waals surface area contributed by atoms with E-state index in [9.17, 15) is 18.4 Å². The number of aromatic nitrogens is 2. The number of alkyl halides is 3. The van der Waals surface area contributed by atoms with Crippen molar-refractivity contribution in [2.24, 2.45) is 17.3 Å². The molecule has 1 aromatic heterocycles. The van der Waals surface area contributed by atoms with E-state index >= 15 is 0 Å². The third kappa shape index (κ3) is 3.72. The number of rotatable bonds is 3. The van der Waals surface area contributed by atoms with Gasteiger partial charge in [-0.2, -0.15) is 18.4 Å². The second kappa shape index (κ2) is 7.61. The van der Waals surface area contributed by atoms with Gasteiger partial charge in [-0.1, -0.05) is 0 Å². The molecule has 3 aliphatic rings. The Kier molecular flexibility index (Phi) is 5.02. The van der Waals surface area contributed by atoms with Gasteiger partial charge >= 0.3 is 6.18 Å². The molecule has 5 rings (SSSR count). The van der Waals surface area contributed by atoms with E-state index < -0.39 is 18.0 Å². The molecule has 164 valence electrons. The van der Waals surface area contributed by atoms with E-state index in [4.69, 9.17) is 0 Å². The fourth-order valence-corrected chi connectivity index (χ4v) is 5.67. The molecule has 0 aliphatic carbocycles. The first-order valence-electron chi connectivity index (χ1n) is 10.8. The summed E-state index contributed by atoms with van der Waals surface area (Å²) in [6.45, 7) is 4.42. The van der Waals surface area contributed by atoms with Gasteiger partial charge in [0.05, 0.1) is 17.2 Å². The van der Waals surface area contributed by atoms with E-state index in [1.807, 2.05) is 0 Å². The summed E-state index contributed by atoms with van der Waals surface area (Å²) in [6, 6.07) is 5.42. The van der Waals surface area contributed by atoms with Gasteiger partial charge in [0.15, 0.2) is 0 Å². The lowest BCUT2D eigenvalue weighted by Crippen LogP contribution is -2.38. The number of halogens is 3. The van der Waals surface area contributed by atoms with Crippen LogP contribution in [0, 0.1) is 28.6 Å². The van der Waals surface area contributed by atoms with Crippen LogP contribution in [-0.2, 0) is 0 Å². The molecule has 1 aromatic carbocycles. The average Bonchev–Trinajstić information content (AvgIpc) is 3.48. The maximum atomic E-state index is 14.0. The molecule has 9 heteroatoms. The second-order valence-electron chi connectivity index (χ2n) is 9.22. The van der Waals surface area contributed by atoms with Gasteiger partial charge in [0.2, 0.25) is 0 Å². The molecule has 31 heavy (non-hydrogen) atoms. The quantitative estimate of drug-likeness (QED) is 0.808. The van der Waals surface area contributed by atoms with Crippen LogP contribution < -0.4 is 10.2 Å². The van der Waals surface area contributed by atoms with Gasteiger partial charge in [-0.25, -0.2) is 0 Å². The van der Waals surface area contributed by atoms with Gasteiger partial charge in [0, 0.05) is 51.0 Å². The Morgan fingerprint density at radius 3 is 2.68 bits per heavy atom. The maximum Gasteiger partial charge on any atom is 0.393 e. The van der Waals surface area contributed by atoms with Crippen LogP contribution in [0.3, 0.4) is 0 Å². The number of nitrogens with one attached hydrogen (secondary N) is 1. The molecule has 3 saturated heterocycles. The lowest BCUT2D eigenvalue weighted by molar-refractivity contribution is -0.180. The zero-order valence-electron chi connectivity index (χ0n) is 17.2. The molecule has 2 aromatic rings. The van der Waals surface area contributed by atoms with Gasteiger partial charge in [-0.05, 0) is 43.5 Å². The first kappa shape index (κ1) is 20.5. The molecule has 1 N–H and O–H groups in total. The summed E-state index contributed by atoms with van der Waals surface area (Å²) in [4.78, 5) is 12.6. The molecule has 0 amide bonds. The molecule has 1 spiro atoms. The summed E-state index contributed by atoms with van der Waals surface area (Å²) < 4.78 is 41.9. The number of hydrogen-bond acceptors (Lipinski definition) is 6. The van der Waals surface area contributed by atoms with Crippen LogP contribution in [0.1, 0.15) is 18.4 Å². The van der Waals surface area contributed by atoms with Crippen LogP contribution in [0.4, 0.5) is 18.9 Å². The van der Waals surface area contributed by atoms with Crippen LogP contribution >= 0.6 is 0 Å². The highest BCUT2D eigenvalue weighted by molar-refractivity contribution is 5.92. The number of anilines is 1. The summed E-state index contributed by atoms with van der Waals surface area (Å²) in [5, 5.41) is 12.7. The molecule has 0 radical (unpaired) electrons. The smallest absolute Gasteiger partial charge is 0.369 e. The predicted octanol–water partition coefficient (Wildman–Crippen LogP) is 2.80. The number of fused-ring (bicyclic) bond motifs is 1. The third-order valence-corrected chi connectivity index (χ3v) is 7.27. The minimum absolute atomic E-state index is 0.0910. The normalized spacial score (nSPS) is 29.3. The first-order chi connectivity index (χ1) is 14.9. The standard InChI is InChI=1S/C22H25F3N6/c23-22(24,25)17-12-31(18-2-1-15(9-26)19-20(18)29-7-6-28-19)11-16(17)10-30-8-4-21(14-30)3-5-27-13-21/h1-2,6-7,16-17,27H,3-5,8,10-14H2/t16-,17-,21?/m0/s1. The number of benzene rings is 1. The van der Waals surface area contributed by atoms with Gasteiger partial charge in [0.25, 0.3) is 0 Å². The molecule has 3 aliphatic heterocycles. The van der Waals surface area contributed by atoms with Gasteiger partial charge in [0.1, 0.15) is 17.1 Å².